The Morgan fingerprint density at radius 3 is 2.50 bits per heavy atom. The van der Waals surface area contributed by atoms with Crippen LogP contribution in [0.15, 0.2) is 18.2 Å². The van der Waals surface area contributed by atoms with Crippen LogP contribution in [0.4, 0.5) is 13.2 Å². The predicted molar refractivity (Wildman–Crippen MR) is 76.2 cm³/mol. The molecule has 0 bridgehead atoms. The van der Waals surface area contributed by atoms with Gasteiger partial charge in [0.15, 0.2) is 0 Å². The van der Waals surface area contributed by atoms with Gasteiger partial charge in [0, 0.05) is 19.5 Å². The summed E-state index contributed by atoms with van der Waals surface area (Å²) in [5, 5.41) is 0.271. The number of fused-ring (bicyclic) bond motifs is 1. The predicted octanol–water partition coefficient (Wildman–Crippen LogP) is 3.80. The van der Waals surface area contributed by atoms with Crippen molar-refractivity contribution in [2.75, 3.05) is 14.1 Å². The molecule has 1 aromatic heterocycles. The van der Waals surface area contributed by atoms with Crippen molar-refractivity contribution in [3.8, 4) is 5.75 Å². The van der Waals surface area contributed by atoms with Crippen LogP contribution in [0.2, 0.25) is 5.02 Å². The third-order valence-electron chi connectivity index (χ3n) is 2.93. The Bertz CT molecular complexity index is 745. The number of aromatic nitrogens is 1. The summed E-state index contributed by atoms with van der Waals surface area (Å²) in [6.07, 6.45) is -4.80. The lowest BCUT2D eigenvalue weighted by atomic mass is 10.1. The fourth-order valence-corrected chi connectivity index (χ4v) is 2.36. The third kappa shape index (κ3) is 3.24. The number of pyridine rings is 1. The molecule has 22 heavy (non-hydrogen) atoms. The van der Waals surface area contributed by atoms with E-state index in [4.69, 9.17) is 11.6 Å². The van der Waals surface area contributed by atoms with Gasteiger partial charge < -0.3 is 9.64 Å². The Morgan fingerprint density at radius 1 is 1.32 bits per heavy atom. The number of hydrogen-bond donors (Lipinski definition) is 0. The second-order valence-corrected chi connectivity index (χ2v) is 5.19. The van der Waals surface area contributed by atoms with Gasteiger partial charge in [-0.15, -0.1) is 13.2 Å². The summed E-state index contributed by atoms with van der Waals surface area (Å²) >= 11 is 6.20. The maximum atomic E-state index is 12.3. The zero-order chi connectivity index (χ0) is 16.7. The Labute approximate surface area is 129 Å². The normalized spacial score (nSPS) is 11.6. The average Bonchev–Trinajstić information content (AvgIpc) is 2.37. The molecule has 1 aromatic carbocycles. The lowest BCUT2D eigenvalue weighted by molar-refractivity contribution is -0.274. The Balaban J connectivity index is 2.63. The number of nitrogens with zero attached hydrogens (tertiary/aromatic N) is 2. The van der Waals surface area contributed by atoms with Crippen molar-refractivity contribution >= 4 is 28.4 Å². The molecule has 0 unspecified atom stereocenters. The van der Waals surface area contributed by atoms with Crippen molar-refractivity contribution in [2.45, 2.75) is 13.3 Å². The largest absolute Gasteiger partial charge is 0.573 e. The van der Waals surface area contributed by atoms with Crippen LogP contribution in [0.1, 0.15) is 16.1 Å². The lowest BCUT2D eigenvalue weighted by Crippen LogP contribution is -2.23. The van der Waals surface area contributed by atoms with E-state index in [2.05, 4.69) is 9.72 Å². The molecule has 8 heteroatoms. The smallest absolute Gasteiger partial charge is 0.406 e. The molecule has 4 nitrogen and oxygen atoms in total. The number of hydrogen-bond acceptors (Lipinski definition) is 3. The molecule has 0 aliphatic heterocycles. The van der Waals surface area contributed by atoms with E-state index >= 15 is 0 Å². The number of rotatable bonds is 2. The molecule has 0 spiro atoms. The molecule has 0 aliphatic carbocycles. The molecule has 2 rings (SSSR count). The summed E-state index contributed by atoms with van der Waals surface area (Å²) in [5.41, 5.74) is 0.941. The molecule has 0 N–H and O–H groups in total. The number of halogens is 4. The number of alkyl halides is 3. The zero-order valence-corrected chi connectivity index (χ0v) is 12.7. The van der Waals surface area contributed by atoms with Gasteiger partial charge in [-0.3, -0.25) is 9.78 Å². The molecule has 0 saturated carbocycles. The van der Waals surface area contributed by atoms with Crippen LogP contribution in [0.3, 0.4) is 0 Å². The van der Waals surface area contributed by atoms with Crippen LogP contribution in [-0.2, 0) is 0 Å². The van der Waals surface area contributed by atoms with Crippen LogP contribution >= 0.6 is 11.6 Å². The van der Waals surface area contributed by atoms with Crippen LogP contribution in [0.5, 0.6) is 5.75 Å². The van der Waals surface area contributed by atoms with Crippen molar-refractivity contribution in [3.63, 3.8) is 0 Å². The summed E-state index contributed by atoms with van der Waals surface area (Å²) in [5.74, 6) is -0.796. The Morgan fingerprint density at radius 2 is 1.95 bits per heavy atom. The van der Waals surface area contributed by atoms with E-state index in [1.807, 2.05) is 0 Å². The second kappa shape index (κ2) is 5.64. The summed E-state index contributed by atoms with van der Waals surface area (Å²) < 4.78 is 40.7. The molecule has 1 heterocycles. The summed E-state index contributed by atoms with van der Waals surface area (Å²) in [6.45, 7) is 1.61. The van der Waals surface area contributed by atoms with Crippen LogP contribution in [-0.4, -0.2) is 36.2 Å². The van der Waals surface area contributed by atoms with E-state index in [1.165, 1.54) is 11.0 Å². The van der Waals surface area contributed by atoms with Gasteiger partial charge >= 0.3 is 6.36 Å². The topological polar surface area (TPSA) is 42.4 Å². The average molecular weight is 333 g/mol. The van der Waals surface area contributed by atoms with E-state index in [0.29, 0.717) is 11.2 Å². The maximum absolute atomic E-state index is 12.3. The molecule has 0 aliphatic rings. The SMILES string of the molecule is Cc1nc2ccc(OC(F)(F)F)cc2c(Cl)c1C(=O)N(C)C. The van der Waals surface area contributed by atoms with Crippen molar-refractivity contribution in [1.29, 1.82) is 0 Å². The van der Waals surface area contributed by atoms with Gasteiger partial charge in [-0.05, 0) is 25.1 Å². The molecule has 0 saturated heterocycles. The molecular weight excluding hydrogens is 321 g/mol. The quantitative estimate of drug-likeness (QED) is 0.840. The first-order valence-corrected chi connectivity index (χ1v) is 6.55. The first-order chi connectivity index (χ1) is 10.1. The van der Waals surface area contributed by atoms with E-state index in [0.717, 1.165) is 12.1 Å². The number of amides is 1. The minimum absolute atomic E-state index is 0.0498. The van der Waals surface area contributed by atoms with E-state index in [1.54, 1.807) is 21.0 Å². The van der Waals surface area contributed by atoms with E-state index in [9.17, 15) is 18.0 Å². The number of ether oxygens (including phenoxy) is 1. The monoisotopic (exact) mass is 332 g/mol. The summed E-state index contributed by atoms with van der Waals surface area (Å²) in [7, 11) is 3.09. The molecular formula is C14H12ClF3N2O2. The summed E-state index contributed by atoms with van der Waals surface area (Å²) in [6, 6.07) is 3.62. The first kappa shape index (κ1) is 16.4. The molecule has 0 fully saturated rings. The highest BCUT2D eigenvalue weighted by atomic mass is 35.5. The zero-order valence-electron chi connectivity index (χ0n) is 12.0. The fourth-order valence-electron chi connectivity index (χ4n) is 1.99. The number of carbonyl (C=O) groups excluding carboxylic acids is 1. The standard InChI is InChI=1S/C14H12ClF3N2O2/c1-7-11(13(21)20(2)3)12(15)9-6-8(22-14(16,17)18)4-5-10(9)19-7/h4-6H,1-3H3. The second-order valence-electron chi connectivity index (χ2n) is 4.81. The van der Waals surface area contributed by atoms with Crippen LogP contribution in [0.25, 0.3) is 10.9 Å². The Kier molecular flexibility index (Phi) is 4.19. The first-order valence-electron chi connectivity index (χ1n) is 6.17. The maximum Gasteiger partial charge on any atom is 0.573 e. The minimum atomic E-state index is -4.80. The molecule has 0 atom stereocenters. The van der Waals surface area contributed by atoms with Crippen LogP contribution < -0.4 is 4.74 Å². The van der Waals surface area contributed by atoms with E-state index in [-0.39, 0.29) is 21.9 Å². The van der Waals surface area contributed by atoms with Gasteiger partial charge in [0.2, 0.25) is 0 Å². The van der Waals surface area contributed by atoms with Gasteiger partial charge in [0.05, 0.1) is 21.8 Å². The summed E-state index contributed by atoms with van der Waals surface area (Å²) in [4.78, 5) is 17.7. The van der Waals surface area contributed by atoms with Crippen molar-refractivity contribution in [3.05, 3.63) is 34.5 Å². The van der Waals surface area contributed by atoms with Gasteiger partial charge in [0.25, 0.3) is 5.91 Å². The van der Waals surface area contributed by atoms with Gasteiger partial charge in [0.1, 0.15) is 5.75 Å². The molecule has 118 valence electrons. The van der Waals surface area contributed by atoms with Gasteiger partial charge in [-0.2, -0.15) is 0 Å². The minimum Gasteiger partial charge on any atom is -0.406 e. The highest BCUT2D eigenvalue weighted by Gasteiger charge is 2.31. The highest BCUT2D eigenvalue weighted by Crippen LogP contribution is 2.33. The number of carbonyl (C=O) groups is 1. The van der Waals surface area contributed by atoms with Gasteiger partial charge in [-0.25, -0.2) is 0 Å². The number of aryl methyl sites for hydroxylation is 1. The van der Waals surface area contributed by atoms with Crippen molar-refractivity contribution in [2.24, 2.45) is 0 Å². The third-order valence-corrected chi connectivity index (χ3v) is 3.32. The van der Waals surface area contributed by atoms with Gasteiger partial charge in [-0.1, -0.05) is 11.6 Å². The van der Waals surface area contributed by atoms with E-state index < -0.39 is 12.1 Å². The number of benzene rings is 1. The highest BCUT2D eigenvalue weighted by molar-refractivity contribution is 6.38. The van der Waals surface area contributed by atoms with Crippen LogP contribution in [0, 0.1) is 6.92 Å². The Hall–Kier alpha value is -2.02. The van der Waals surface area contributed by atoms with Crippen molar-refractivity contribution in [1.82, 2.24) is 9.88 Å². The molecule has 1 amide bonds. The molecule has 0 radical (unpaired) electrons. The fraction of sp³-hybridized carbons (Fsp3) is 0.286. The molecule has 2 aromatic rings. The lowest BCUT2D eigenvalue weighted by Gasteiger charge is -2.15. The van der Waals surface area contributed by atoms with Crippen molar-refractivity contribution < 1.29 is 22.7 Å².